The van der Waals surface area contributed by atoms with Crippen LogP contribution in [0.15, 0.2) is 42.7 Å². The van der Waals surface area contributed by atoms with Crippen LogP contribution in [-0.2, 0) is 0 Å². The van der Waals surface area contributed by atoms with Gasteiger partial charge in [0.25, 0.3) is 0 Å². The maximum absolute atomic E-state index is 12.9. The van der Waals surface area contributed by atoms with Crippen molar-refractivity contribution in [1.29, 1.82) is 0 Å². The molecule has 0 amide bonds. The van der Waals surface area contributed by atoms with E-state index in [4.69, 9.17) is 0 Å². The lowest BCUT2D eigenvalue weighted by Gasteiger charge is -2.35. The molecule has 0 spiro atoms. The van der Waals surface area contributed by atoms with Crippen molar-refractivity contribution in [1.82, 2.24) is 15.3 Å². The van der Waals surface area contributed by atoms with E-state index in [9.17, 15) is 18.3 Å². The van der Waals surface area contributed by atoms with Gasteiger partial charge in [-0.05, 0) is 5.56 Å². The van der Waals surface area contributed by atoms with Crippen LogP contribution in [0.5, 0.6) is 0 Å². The Labute approximate surface area is 149 Å². The maximum Gasteiger partial charge on any atom is 0.405 e. The molecule has 1 aliphatic rings. The Morgan fingerprint density at radius 2 is 2.04 bits per heavy atom. The minimum atomic E-state index is -4.30. The quantitative estimate of drug-likeness (QED) is 0.750. The molecule has 2 aromatic rings. The van der Waals surface area contributed by atoms with Crippen LogP contribution in [0, 0.1) is 0 Å². The van der Waals surface area contributed by atoms with E-state index in [2.05, 4.69) is 20.6 Å². The van der Waals surface area contributed by atoms with E-state index in [1.165, 1.54) is 6.33 Å². The highest BCUT2D eigenvalue weighted by Gasteiger charge is 2.42. The number of piperazine rings is 1. The van der Waals surface area contributed by atoms with Crippen molar-refractivity contribution >= 4 is 11.6 Å². The molecule has 1 aliphatic heterocycles. The Kier molecular flexibility index (Phi) is 5.58. The molecule has 0 aliphatic carbocycles. The van der Waals surface area contributed by atoms with Crippen LogP contribution in [0.2, 0.25) is 0 Å². The van der Waals surface area contributed by atoms with E-state index >= 15 is 0 Å². The molecule has 3 rings (SSSR count). The Morgan fingerprint density at radius 3 is 2.77 bits per heavy atom. The van der Waals surface area contributed by atoms with Gasteiger partial charge in [-0.1, -0.05) is 30.3 Å². The molecule has 0 bridgehead atoms. The number of nitrogens with zero attached hydrogens (tertiary/aromatic N) is 3. The van der Waals surface area contributed by atoms with E-state index in [1.807, 2.05) is 30.3 Å². The van der Waals surface area contributed by atoms with Crippen LogP contribution in [0.3, 0.4) is 0 Å². The number of aromatic nitrogens is 2. The number of nitrogens with one attached hydrogen (secondary N) is 2. The summed E-state index contributed by atoms with van der Waals surface area (Å²) in [6.45, 7) is 0.680. The summed E-state index contributed by atoms with van der Waals surface area (Å²) in [5.41, 5.74) is 0.768. The fraction of sp³-hybridized carbons (Fsp3) is 0.412. The molecule has 1 unspecified atom stereocenters. The van der Waals surface area contributed by atoms with Gasteiger partial charge in [-0.3, -0.25) is 0 Å². The van der Waals surface area contributed by atoms with Crippen LogP contribution in [-0.4, -0.2) is 53.5 Å². The Balaban J connectivity index is 1.63. The predicted octanol–water partition coefficient (Wildman–Crippen LogP) is 1.96. The summed E-state index contributed by atoms with van der Waals surface area (Å²) >= 11 is 0. The summed E-state index contributed by atoms with van der Waals surface area (Å²) in [5, 5.41) is 15.6. The van der Waals surface area contributed by atoms with Crippen molar-refractivity contribution in [2.24, 2.45) is 0 Å². The molecule has 1 aromatic heterocycles. The van der Waals surface area contributed by atoms with Crippen molar-refractivity contribution in [3.8, 4) is 0 Å². The highest BCUT2D eigenvalue weighted by atomic mass is 19.4. The molecule has 26 heavy (non-hydrogen) atoms. The van der Waals surface area contributed by atoms with Crippen LogP contribution in [0.4, 0.5) is 24.8 Å². The van der Waals surface area contributed by atoms with Crippen LogP contribution in [0.1, 0.15) is 11.7 Å². The zero-order valence-electron chi connectivity index (χ0n) is 13.9. The molecule has 1 aromatic carbocycles. The Hall–Kier alpha value is -2.39. The molecular formula is C17H20F3N5O. The lowest BCUT2D eigenvalue weighted by atomic mass is 10.1. The van der Waals surface area contributed by atoms with Gasteiger partial charge in [-0.15, -0.1) is 0 Å². The van der Waals surface area contributed by atoms with Gasteiger partial charge >= 0.3 is 6.18 Å². The predicted molar refractivity (Wildman–Crippen MR) is 92.0 cm³/mol. The monoisotopic (exact) mass is 367 g/mol. The third kappa shape index (κ3) is 4.61. The molecule has 2 heterocycles. The van der Waals surface area contributed by atoms with Gasteiger partial charge in [0.05, 0.1) is 6.10 Å². The van der Waals surface area contributed by atoms with Crippen LogP contribution >= 0.6 is 0 Å². The second-order valence-electron chi connectivity index (χ2n) is 6.06. The van der Waals surface area contributed by atoms with Gasteiger partial charge < -0.3 is 20.6 Å². The SMILES string of the molecule is O[C@@H](CNc1cc(N2CCNC(C(F)(F)F)C2)ncn1)c1ccccc1. The van der Waals surface area contributed by atoms with Gasteiger partial charge in [-0.2, -0.15) is 13.2 Å². The van der Waals surface area contributed by atoms with Crippen molar-refractivity contribution in [3.05, 3.63) is 48.3 Å². The van der Waals surface area contributed by atoms with E-state index < -0.39 is 18.3 Å². The summed E-state index contributed by atoms with van der Waals surface area (Å²) in [7, 11) is 0. The largest absolute Gasteiger partial charge is 0.405 e. The van der Waals surface area contributed by atoms with E-state index in [0.29, 0.717) is 18.2 Å². The van der Waals surface area contributed by atoms with Crippen LogP contribution in [0.25, 0.3) is 0 Å². The van der Waals surface area contributed by atoms with Gasteiger partial charge in [0, 0.05) is 32.2 Å². The number of halogens is 3. The number of aliphatic hydroxyl groups is 1. The molecule has 140 valence electrons. The van der Waals surface area contributed by atoms with Gasteiger partial charge in [0.2, 0.25) is 0 Å². The average Bonchev–Trinajstić information content (AvgIpc) is 2.66. The van der Waals surface area contributed by atoms with Crippen molar-refractivity contribution < 1.29 is 18.3 Å². The third-order valence-electron chi connectivity index (χ3n) is 4.21. The molecule has 0 radical (unpaired) electrons. The molecule has 9 heteroatoms. The van der Waals surface area contributed by atoms with Crippen molar-refractivity contribution in [2.45, 2.75) is 18.3 Å². The zero-order valence-corrected chi connectivity index (χ0v) is 13.9. The van der Waals surface area contributed by atoms with Gasteiger partial charge in [-0.25, -0.2) is 9.97 Å². The van der Waals surface area contributed by atoms with E-state index in [1.54, 1.807) is 11.0 Å². The molecule has 1 saturated heterocycles. The number of anilines is 2. The molecule has 0 saturated carbocycles. The van der Waals surface area contributed by atoms with Gasteiger partial charge in [0.15, 0.2) is 0 Å². The minimum Gasteiger partial charge on any atom is -0.387 e. The zero-order chi connectivity index (χ0) is 18.6. The number of hydrogen-bond acceptors (Lipinski definition) is 6. The van der Waals surface area contributed by atoms with Gasteiger partial charge in [0.1, 0.15) is 24.0 Å². The number of aliphatic hydroxyl groups excluding tert-OH is 1. The smallest absolute Gasteiger partial charge is 0.387 e. The topological polar surface area (TPSA) is 73.3 Å². The first-order chi connectivity index (χ1) is 12.4. The summed E-state index contributed by atoms with van der Waals surface area (Å²) in [6, 6.07) is 9.18. The highest BCUT2D eigenvalue weighted by molar-refractivity contribution is 5.49. The molecule has 3 N–H and O–H groups in total. The first-order valence-corrected chi connectivity index (χ1v) is 8.27. The summed E-state index contributed by atoms with van der Waals surface area (Å²) in [6.07, 6.45) is -3.72. The first-order valence-electron chi connectivity index (χ1n) is 8.27. The van der Waals surface area contributed by atoms with Crippen LogP contribution < -0.4 is 15.5 Å². The maximum atomic E-state index is 12.9. The summed E-state index contributed by atoms with van der Waals surface area (Å²) < 4.78 is 38.8. The molecule has 1 fully saturated rings. The number of alkyl halides is 3. The molecule has 6 nitrogen and oxygen atoms in total. The molecular weight excluding hydrogens is 347 g/mol. The second kappa shape index (κ2) is 7.88. The van der Waals surface area contributed by atoms with E-state index in [-0.39, 0.29) is 19.6 Å². The number of hydrogen-bond donors (Lipinski definition) is 3. The first kappa shape index (κ1) is 18.4. The summed E-state index contributed by atoms with van der Waals surface area (Å²) in [4.78, 5) is 9.73. The lowest BCUT2D eigenvalue weighted by Crippen LogP contribution is -2.57. The fourth-order valence-corrected chi connectivity index (χ4v) is 2.79. The minimum absolute atomic E-state index is 0.202. The number of rotatable bonds is 5. The average molecular weight is 367 g/mol. The van der Waals surface area contributed by atoms with Crippen molar-refractivity contribution in [3.63, 3.8) is 0 Å². The standard InChI is InChI=1S/C17H20F3N5O/c18-17(19,20)14-10-25(7-6-21-14)16-8-15(23-11-24-16)22-9-13(26)12-4-2-1-3-5-12/h1-5,8,11,13-14,21,26H,6-7,9-10H2,(H,22,23,24)/t13-,14?/m0/s1. The fourth-order valence-electron chi connectivity index (χ4n) is 2.79. The molecule has 2 atom stereocenters. The highest BCUT2D eigenvalue weighted by Crippen LogP contribution is 2.25. The third-order valence-corrected chi connectivity index (χ3v) is 4.21. The lowest BCUT2D eigenvalue weighted by molar-refractivity contribution is -0.155. The number of benzene rings is 1. The Bertz CT molecular complexity index is 713. The summed E-state index contributed by atoms with van der Waals surface area (Å²) in [5.74, 6) is 0.875. The Morgan fingerprint density at radius 1 is 1.27 bits per heavy atom. The van der Waals surface area contributed by atoms with E-state index in [0.717, 1.165) is 5.56 Å². The second-order valence-corrected chi connectivity index (χ2v) is 6.06. The van der Waals surface area contributed by atoms with Crippen molar-refractivity contribution in [2.75, 3.05) is 36.4 Å². The normalized spacial score (nSPS) is 19.2.